The van der Waals surface area contributed by atoms with Gasteiger partial charge in [-0.1, -0.05) is 39.7 Å². The van der Waals surface area contributed by atoms with E-state index in [2.05, 4.69) is 20.9 Å². The van der Waals surface area contributed by atoms with Crippen LogP contribution >= 0.6 is 27.5 Å². The molecule has 0 spiro atoms. The largest absolute Gasteiger partial charge is 0.263 e. The van der Waals surface area contributed by atoms with Gasteiger partial charge in [0.05, 0.1) is 5.02 Å². The van der Waals surface area contributed by atoms with Crippen LogP contribution in [0.15, 0.2) is 36.7 Å². The molecule has 94 valence electrons. The number of halogens is 3. The topological polar surface area (TPSA) is 12.9 Å². The fourth-order valence-corrected chi connectivity index (χ4v) is 2.68. The maximum atomic E-state index is 13.8. The van der Waals surface area contributed by atoms with Gasteiger partial charge >= 0.3 is 0 Å². The van der Waals surface area contributed by atoms with E-state index in [4.69, 9.17) is 11.6 Å². The zero-order chi connectivity index (χ0) is 13.1. The van der Waals surface area contributed by atoms with Crippen molar-refractivity contribution in [3.8, 4) is 0 Å². The SMILES string of the molecule is Cc1ccc(C(Br)Cc2ccncc2Cl)c(F)c1. The molecule has 1 aromatic heterocycles. The second-order valence-corrected chi connectivity index (χ2v) is 5.68. The lowest BCUT2D eigenvalue weighted by atomic mass is 10.0. The predicted molar refractivity (Wildman–Crippen MR) is 75.8 cm³/mol. The van der Waals surface area contributed by atoms with Gasteiger partial charge in [0.15, 0.2) is 0 Å². The molecule has 0 saturated heterocycles. The van der Waals surface area contributed by atoms with E-state index in [9.17, 15) is 4.39 Å². The van der Waals surface area contributed by atoms with Crippen molar-refractivity contribution in [1.29, 1.82) is 0 Å². The minimum Gasteiger partial charge on any atom is -0.263 e. The molecule has 1 aromatic carbocycles. The minimum atomic E-state index is -0.193. The van der Waals surface area contributed by atoms with Gasteiger partial charge < -0.3 is 0 Å². The smallest absolute Gasteiger partial charge is 0.127 e. The van der Waals surface area contributed by atoms with E-state index in [-0.39, 0.29) is 10.6 Å². The summed E-state index contributed by atoms with van der Waals surface area (Å²) in [6.45, 7) is 1.87. The lowest BCUT2D eigenvalue weighted by Crippen LogP contribution is -2.00. The van der Waals surface area contributed by atoms with E-state index in [0.29, 0.717) is 17.0 Å². The van der Waals surface area contributed by atoms with E-state index in [1.165, 1.54) is 6.07 Å². The van der Waals surface area contributed by atoms with Gasteiger partial charge in [-0.25, -0.2) is 4.39 Å². The fraction of sp³-hybridized carbons (Fsp3) is 0.214. The van der Waals surface area contributed by atoms with Crippen LogP contribution in [0, 0.1) is 12.7 Å². The Kier molecular flexibility index (Phi) is 4.36. The van der Waals surface area contributed by atoms with Crippen LogP contribution in [-0.4, -0.2) is 4.98 Å². The van der Waals surface area contributed by atoms with E-state index >= 15 is 0 Å². The van der Waals surface area contributed by atoms with Crippen LogP contribution < -0.4 is 0 Å². The normalized spacial score (nSPS) is 12.4. The molecule has 2 rings (SSSR count). The Hall–Kier alpha value is -0.930. The van der Waals surface area contributed by atoms with Gasteiger partial charge in [-0.3, -0.25) is 4.98 Å². The molecular formula is C14H12BrClFN. The Morgan fingerprint density at radius 2 is 2.17 bits per heavy atom. The van der Waals surface area contributed by atoms with Crippen LogP contribution in [0.25, 0.3) is 0 Å². The van der Waals surface area contributed by atoms with Gasteiger partial charge in [0, 0.05) is 22.8 Å². The lowest BCUT2D eigenvalue weighted by molar-refractivity contribution is 0.607. The number of aryl methyl sites for hydroxylation is 1. The number of nitrogens with zero attached hydrogens (tertiary/aromatic N) is 1. The van der Waals surface area contributed by atoms with Crippen LogP contribution in [0.3, 0.4) is 0 Å². The summed E-state index contributed by atoms with van der Waals surface area (Å²) in [5.74, 6) is -0.193. The Balaban J connectivity index is 2.22. The van der Waals surface area contributed by atoms with Gasteiger partial charge in [-0.15, -0.1) is 0 Å². The highest BCUT2D eigenvalue weighted by molar-refractivity contribution is 9.09. The molecular weight excluding hydrogens is 317 g/mol. The number of alkyl halides is 1. The zero-order valence-corrected chi connectivity index (χ0v) is 12.2. The van der Waals surface area contributed by atoms with E-state index in [0.717, 1.165) is 11.1 Å². The first-order valence-corrected chi connectivity index (χ1v) is 6.86. The third-order valence-corrected chi connectivity index (χ3v) is 3.91. The van der Waals surface area contributed by atoms with Crippen LogP contribution in [0.2, 0.25) is 5.02 Å². The first-order chi connectivity index (χ1) is 8.58. The molecule has 0 amide bonds. The second-order valence-electron chi connectivity index (χ2n) is 4.16. The Morgan fingerprint density at radius 3 is 2.83 bits per heavy atom. The van der Waals surface area contributed by atoms with Crippen molar-refractivity contribution < 1.29 is 4.39 Å². The van der Waals surface area contributed by atoms with Crippen molar-refractivity contribution in [2.24, 2.45) is 0 Å². The van der Waals surface area contributed by atoms with E-state index in [1.807, 2.05) is 19.1 Å². The average Bonchev–Trinajstić information content (AvgIpc) is 2.32. The third-order valence-electron chi connectivity index (χ3n) is 2.75. The molecule has 0 aliphatic heterocycles. The Labute approximate surface area is 119 Å². The number of hydrogen-bond acceptors (Lipinski definition) is 1. The molecule has 0 fully saturated rings. The van der Waals surface area contributed by atoms with Crippen molar-refractivity contribution in [3.63, 3.8) is 0 Å². The molecule has 0 bridgehead atoms. The maximum absolute atomic E-state index is 13.8. The third kappa shape index (κ3) is 3.09. The average molecular weight is 329 g/mol. The molecule has 1 atom stereocenters. The number of rotatable bonds is 3. The summed E-state index contributed by atoms with van der Waals surface area (Å²) in [6, 6.07) is 7.10. The lowest BCUT2D eigenvalue weighted by Gasteiger charge is -2.12. The quantitative estimate of drug-likeness (QED) is 0.733. The Bertz CT molecular complexity index is 559. The number of benzene rings is 1. The summed E-state index contributed by atoms with van der Waals surface area (Å²) in [5, 5.41) is 0.606. The van der Waals surface area contributed by atoms with Crippen LogP contribution in [-0.2, 0) is 6.42 Å². The first-order valence-electron chi connectivity index (χ1n) is 5.56. The molecule has 0 radical (unpaired) electrons. The molecule has 0 aliphatic carbocycles. The molecule has 2 aromatic rings. The summed E-state index contributed by atoms with van der Waals surface area (Å²) in [4.78, 5) is 3.83. The highest BCUT2D eigenvalue weighted by atomic mass is 79.9. The summed E-state index contributed by atoms with van der Waals surface area (Å²) < 4.78 is 13.8. The van der Waals surface area contributed by atoms with Gasteiger partial charge in [0.2, 0.25) is 0 Å². The van der Waals surface area contributed by atoms with Crippen LogP contribution in [0.4, 0.5) is 4.39 Å². The number of aromatic nitrogens is 1. The van der Waals surface area contributed by atoms with Gasteiger partial charge in [0.1, 0.15) is 5.82 Å². The monoisotopic (exact) mass is 327 g/mol. The molecule has 1 nitrogen and oxygen atoms in total. The predicted octanol–water partition coefficient (Wildman–Crippen LogP) is 4.86. The summed E-state index contributed by atoms with van der Waals surface area (Å²) in [6.07, 6.45) is 3.91. The van der Waals surface area contributed by atoms with Gasteiger partial charge in [-0.2, -0.15) is 0 Å². The van der Waals surface area contributed by atoms with Gasteiger partial charge in [0.25, 0.3) is 0 Å². The minimum absolute atomic E-state index is 0.0991. The van der Waals surface area contributed by atoms with Crippen LogP contribution in [0.1, 0.15) is 21.5 Å². The number of pyridine rings is 1. The highest BCUT2D eigenvalue weighted by Gasteiger charge is 2.14. The van der Waals surface area contributed by atoms with Crippen LogP contribution in [0.5, 0.6) is 0 Å². The summed E-state index contributed by atoms with van der Waals surface area (Å²) in [7, 11) is 0. The Morgan fingerprint density at radius 1 is 1.39 bits per heavy atom. The molecule has 0 aliphatic rings. The molecule has 0 saturated carbocycles. The van der Waals surface area contributed by atoms with Crippen molar-refractivity contribution in [3.05, 3.63) is 64.2 Å². The van der Waals surface area contributed by atoms with Crippen molar-refractivity contribution in [2.75, 3.05) is 0 Å². The summed E-state index contributed by atoms with van der Waals surface area (Å²) in [5.41, 5.74) is 2.51. The molecule has 0 N–H and O–H groups in total. The van der Waals surface area contributed by atoms with E-state index < -0.39 is 0 Å². The molecule has 1 heterocycles. The first kappa shape index (κ1) is 13.5. The highest BCUT2D eigenvalue weighted by Crippen LogP contribution is 2.31. The van der Waals surface area contributed by atoms with E-state index in [1.54, 1.807) is 18.5 Å². The fourth-order valence-electron chi connectivity index (χ4n) is 1.76. The van der Waals surface area contributed by atoms with Crippen molar-refractivity contribution in [1.82, 2.24) is 4.98 Å². The second kappa shape index (κ2) is 5.81. The van der Waals surface area contributed by atoms with Crippen molar-refractivity contribution >= 4 is 27.5 Å². The molecule has 18 heavy (non-hydrogen) atoms. The summed E-state index contributed by atoms with van der Waals surface area (Å²) >= 11 is 9.56. The van der Waals surface area contributed by atoms with Crippen molar-refractivity contribution in [2.45, 2.75) is 18.2 Å². The standard InChI is InChI=1S/C14H12BrClFN/c1-9-2-3-11(14(17)6-9)12(15)7-10-4-5-18-8-13(10)16/h2-6,8,12H,7H2,1H3. The number of hydrogen-bond donors (Lipinski definition) is 0. The molecule has 1 unspecified atom stereocenters. The maximum Gasteiger partial charge on any atom is 0.127 e. The zero-order valence-electron chi connectivity index (χ0n) is 9.83. The molecule has 4 heteroatoms. The van der Waals surface area contributed by atoms with Gasteiger partial charge in [-0.05, 0) is 36.6 Å².